The third kappa shape index (κ3) is 10.3. The Bertz CT molecular complexity index is 590. The summed E-state index contributed by atoms with van der Waals surface area (Å²) in [5.41, 5.74) is 0.865. The monoisotopic (exact) mass is 417 g/mol. The summed E-state index contributed by atoms with van der Waals surface area (Å²) in [6, 6.07) is 3.83. The molecule has 1 aliphatic rings. The highest BCUT2D eigenvalue weighted by Crippen LogP contribution is 2.19. The van der Waals surface area contributed by atoms with Crippen molar-refractivity contribution in [2.75, 3.05) is 26.4 Å². The molecule has 0 N–H and O–H groups in total. The molecule has 0 spiro atoms. The van der Waals surface area contributed by atoms with Gasteiger partial charge in [-0.15, -0.1) is 5.10 Å². The number of dihydropyridines is 1. The summed E-state index contributed by atoms with van der Waals surface area (Å²) in [6.07, 6.45) is 16.3. The molecule has 0 bridgehead atoms. The Morgan fingerprint density at radius 2 is 1.53 bits per heavy atom. The number of allylic oxidation sites excluding steroid dienone is 1. The zero-order valence-corrected chi connectivity index (χ0v) is 18.8. The van der Waals surface area contributed by atoms with Gasteiger partial charge in [-0.1, -0.05) is 52.0 Å². The Morgan fingerprint density at radius 1 is 0.767 bits per heavy atom. The Hall–Kier alpha value is -1.79. The molecule has 0 aromatic carbocycles. The van der Waals surface area contributed by atoms with Crippen LogP contribution in [0.5, 0.6) is 5.88 Å². The van der Waals surface area contributed by atoms with Crippen molar-refractivity contribution in [1.29, 1.82) is 0 Å². The van der Waals surface area contributed by atoms with Gasteiger partial charge in [0, 0.05) is 32.1 Å². The lowest BCUT2D eigenvalue weighted by Gasteiger charge is -2.16. The first-order valence-corrected chi connectivity index (χ1v) is 11.7. The number of unbranched alkanes of at least 4 members (excludes halogenated alkanes) is 6. The molecule has 0 saturated heterocycles. The van der Waals surface area contributed by atoms with Crippen LogP contribution in [0.3, 0.4) is 0 Å². The molecule has 0 amide bonds. The number of aliphatic imine (C=N–C) groups is 1. The number of aromatic nitrogens is 2. The molecule has 0 fully saturated rings. The van der Waals surface area contributed by atoms with Crippen LogP contribution in [0.25, 0.3) is 0 Å². The van der Waals surface area contributed by atoms with Gasteiger partial charge in [0.25, 0.3) is 0 Å². The molecular formula is C24H39N3O3. The van der Waals surface area contributed by atoms with E-state index in [9.17, 15) is 0 Å². The van der Waals surface area contributed by atoms with Crippen molar-refractivity contribution in [3.63, 3.8) is 0 Å². The van der Waals surface area contributed by atoms with Crippen LogP contribution in [0.4, 0.5) is 0 Å². The lowest BCUT2D eigenvalue weighted by atomic mass is 10.0. The summed E-state index contributed by atoms with van der Waals surface area (Å²) in [5.74, 6) is 0.600. The van der Waals surface area contributed by atoms with Gasteiger partial charge < -0.3 is 14.2 Å². The molecule has 2 rings (SSSR count). The molecule has 1 aliphatic heterocycles. The number of hydrogen-bond acceptors (Lipinski definition) is 6. The predicted molar refractivity (Wildman–Crippen MR) is 121 cm³/mol. The third-order valence-corrected chi connectivity index (χ3v) is 4.99. The van der Waals surface area contributed by atoms with Crippen molar-refractivity contribution in [3.8, 4) is 5.88 Å². The lowest BCUT2D eigenvalue weighted by Crippen LogP contribution is -2.15. The summed E-state index contributed by atoms with van der Waals surface area (Å²) < 4.78 is 17.0. The first-order chi connectivity index (χ1) is 14.8. The molecule has 2 unspecified atom stereocenters. The van der Waals surface area contributed by atoms with Gasteiger partial charge in [0.1, 0.15) is 0 Å². The van der Waals surface area contributed by atoms with E-state index in [4.69, 9.17) is 14.2 Å². The first kappa shape index (κ1) is 24.5. The van der Waals surface area contributed by atoms with Gasteiger partial charge in [-0.05, 0) is 37.8 Å². The molecule has 30 heavy (non-hydrogen) atoms. The topological polar surface area (TPSA) is 65.8 Å². The minimum Gasteiger partial charge on any atom is -0.477 e. The molecule has 1 aromatic heterocycles. The zero-order valence-electron chi connectivity index (χ0n) is 18.8. The maximum atomic E-state index is 5.81. The van der Waals surface area contributed by atoms with Crippen molar-refractivity contribution < 1.29 is 14.2 Å². The summed E-state index contributed by atoms with van der Waals surface area (Å²) in [5, 5.41) is 8.48. The summed E-state index contributed by atoms with van der Waals surface area (Å²) in [6.45, 7) is 7.45. The molecule has 1 aromatic rings. The Balaban J connectivity index is 1.59. The van der Waals surface area contributed by atoms with E-state index in [-0.39, 0.29) is 12.1 Å². The third-order valence-electron chi connectivity index (χ3n) is 4.99. The van der Waals surface area contributed by atoms with E-state index < -0.39 is 0 Å². The fourth-order valence-corrected chi connectivity index (χ4v) is 3.09. The molecular weight excluding hydrogens is 378 g/mol. The Labute approximate surface area is 182 Å². The second-order valence-corrected chi connectivity index (χ2v) is 7.70. The highest BCUT2D eigenvalue weighted by atomic mass is 16.5. The molecule has 168 valence electrons. The molecule has 6 heteroatoms. The van der Waals surface area contributed by atoms with Crippen molar-refractivity contribution in [2.24, 2.45) is 4.99 Å². The highest BCUT2D eigenvalue weighted by Gasteiger charge is 2.14. The van der Waals surface area contributed by atoms with Gasteiger partial charge in [-0.25, -0.2) is 0 Å². The van der Waals surface area contributed by atoms with Crippen LogP contribution in [0, 0.1) is 0 Å². The van der Waals surface area contributed by atoms with Gasteiger partial charge in [-0.3, -0.25) is 4.99 Å². The van der Waals surface area contributed by atoms with Gasteiger partial charge in [0.2, 0.25) is 5.88 Å². The van der Waals surface area contributed by atoms with Crippen LogP contribution in [0.15, 0.2) is 29.3 Å². The summed E-state index contributed by atoms with van der Waals surface area (Å²) >= 11 is 0. The van der Waals surface area contributed by atoms with E-state index in [1.165, 1.54) is 32.1 Å². The Kier molecular flexibility index (Phi) is 13.0. The van der Waals surface area contributed by atoms with E-state index >= 15 is 0 Å². The first-order valence-electron chi connectivity index (χ1n) is 11.7. The second-order valence-electron chi connectivity index (χ2n) is 7.70. The number of rotatable bonds is 17. The van der Waals surface area contributed by atoms with Gasteiger partial charge in [0.05, 0.1) is 18.2 Å². The normalized spacial score (nSPS) is 18.1. The summed E-state index contributed by atoms with van der Waals surface area (Å²) in [4.78, 5) is 4.50. The SMILES string of the molecule is CCCCCCCOC1C=CC(c2ccc(OCCCCOCCCC)nn2)C=N1. The molecule has 0 aliphatic carbocycles. The van der Waals surface area contributed by atoms with E-state index in [1.54, 1.807) is 0 Å². The van der Waals surface area contributed by atoms with Crippen molar-refractivity contribution in [2.45, 2.75) is 83.8 Å². The smallest absolute Gasteiger partial charge is 0.233 e. The van der Waals surface area contributed by atoms with E-state index in [0.29, 0.717) is 12.5 Å². The van der Waals surface area contributed by atoms with Gasteiger partial charge in [-0.2, -0.15) is 5.10 Å². The molecule has 2 atom stereocenters. The van der Waals surface area contributed by atoms with E-state index in [1.807, 2.05) is 24.4 Å². The molecule has 6 nitrogen and oxygen atoms in total. The van der Waals surface area contributed by atoms with Crippen molar-refractivity contribution in [3.05, 3.63) is 30.0 Å². The van der Waals surface area contributed by atoms with Gasteiger partial charge in [0.15, 0.2) is 6.23 Å². The quantitative estimate of drug-likeness (QED) is 0.248. The maximum absolute atomic E-state index is 5.81. The average Bonchev–Trinajstić information content (AvgIpc) is 2.79. The number of nitrogens with zero attached hydrogens (tertiary/aromatic N) is 3. The lowest BCUT2D eigenvalue weighted by molar-refractivity contribution is 0.0870. The van der Waals surface area contributed by atoms with Crippen LogP contribution in [0.1, 0.15) is 83.2 Å². The fourth-order valence-electron chi connectivity index (χ4n) is 3.09. The zero-order chi connectivity index (χ0) is 21.3. The standard InChI is InChI=1S/C24H39N3O3/c1-3-5-7-8-9-18-29-23-14-12-21(20-25-23)22-13-15-24(27-26-22)30-19-11-10-17-28-16-6-4-2/h12-15,20-21,23H,3-11,16-19H2,1-2H3. The van der Waals surface area contributed by atoms with Crippen LogP contribution < -0.4 is 4.74 Å². The van der Waals surface area contributed by atoms with Crippen LogP contribution in [0.2, 0.25) is 0 Å². The van der Waals surface area contributed by atoms with Crippen LogP contribution in [-0.4, -0.2) is 49.1 Å². The van der Waals surface area contributed by atoms with Crippen LogP contribution in [-0.2, 0) is 9.47 Å². The van der Waals surface area contributed by atoms with E-state index in [2.05, 4.69) is 35.1 Å². The van der Waals surface area contributed by atoms with Crippen molar-refractivity contribution in [1.82, 2.24) is 10.2 Å². The van der Waals surface area contributed by atoms with Crippen LogP contribution >= 0.6 is 0 Å². The summed E-state index contributed by atoms with van der Waals surface area (Å²) in [7, 11) is 0. The molecule has 2 heterocycles. The number of ether oxygens (including phenoxy) is 3. The second kappa shape index (κ2) is 16.0. The van der Waals surface area contributed by atoms with Gasteiger partial charge >= 0.3 is 0 Å². The minimum absolute atomic E-state index is 0.0382. The highest BCUT2D eigenvalue weighted by molar-refractivity contribution is 5.71. The van der Waals surface area contributed by atoms with Crippen molar-refractivity contribution >= 4 is 6.21 Å². The largest absolute Gasteiger partial charge is 0.477 e. The molecule has 0 radical (unpaired) electrons. The number of hydrogen-bond donors (Lipinski definition) is 0. The minimum atomic E-state index is -0.172. The predicted octanol–water partition coefficient (Wildman–Crippen LogP) is 5.49. The molecule has 0 saturated carbocycles. The fraction of sp³-hybridized carbons (Fsp3) is 0.708. The maximum Gasteiger partial charge on any atom is 0.233 e. The average molecular weight is 418 g/mol. The Morgan fingerprint density at radius 3 is 2.27 bits per heavy atom. The van der Waals surface area contributed by atoms with E-state index in [0.717, 1.165) is 51.2 Å².